The van der Waals surface area contributed by atoms with Crippen LogP contribution >= 0.6 is 0 Å². The zero-order valence-corrected chi connectivity index (χ0v) is 15.5. The Kier molecular flexibility index (Phi) is 15.1. The Balaban J connectivity index is 0. The SMILES string of the molecule is CCC(C)C(C)=N.CCC[Si](OCC)(OCC)OCC. The highest BCUT2D eigenvalue weighted by Gasteiger charge is 2.38. The second-order valence-corrected chi connectivity index (χ2v) is 7.46. The van der Waals surface area contributed by atoms with Crippen molar-refractivity contribution in [2.45, 2.75) is 67.4 Å². The molecule has 122 valence electrons. The summed E-state index contributed by atoms with van der Waals surface area (Å²) in [5, 5.41) is 7.10. The van der Waals surface area contributed by atoms with Crippen molar-refractivity contribution >= 4 is 14.5 Å². The zero-order valence-electron chi connectivity index (χ0n) is 14.5. The molecule has 0 aliphatic heterocycles. The van der Waals surface area contributed by atoms with Gasteiger partial charge >= 0.3 is 8.80 Å². The second kappa shape index (κ2) is 13.7. The molecule has 4 nitrogen and oxygen atoms in total. The molecule has 1 atom stereocenters. The zero-order chi connectivity index (χ0) is 16.0. The van der Waals surface area contributed by atoms with Crippen molar-refractivity contribution in [3.05, 3.63) is 0 Å². The summed E-state index contributed by atoms with van der Waals surface area (Å²) in [4.78, 5) is 0. The summed E-state index contributed by atoms with van der Waals surface area (Å²) in [6.07, 6.45) is 2.14. The van der Waals surface area contributed by atoms with E-state index < -0.39 is 8.80 Å². The summed E-state index contributed by atoms with van der Waals surface area (Å²) in [6, 6.07) is 0.919. The van der Waals surface area contributed by atoms with E-state index in [2.05, 4.69) is 20.8 Å². The maximum atomic E-state index is 7.10. The van der Waals surface area contributed by atoms with Gasteiger partial charge in [0.1, 0.15) is 0 Å². The third-order valence-electron chi connectivity index (χ3n) is 3.00. The smallest absolute Gasteiger partial charge is 0.374 e. The molecule has 0 aromatic rings. The lowest BCUT2D eigenvalue weighted by Gasteiger charge is -2.27. The van der Waals surface area contributed by atoms with Crippen LogP contribution in [0.4, 0.5) is 0 Å². The van der Waals surface area contributed by atoms with Crippen LogP contribution < -0.4 is 0 Å². The van der Waals surface area contributed by atoms with Gasteiger partial charge in [-0.3, -0.25) is 0 Å². The van der Waals surface area contributed by atoms with Crippen molar-refractivity contribution in [1.82, 2.24) is 0 Å². The van der Waals surface area contributed by atoms with E-state index in [-0.39, 0.29) is 0 Å². The maximum Gasteiger partial charge on any atom is 0.500 e. The van der Waals surface area contributed by atoms with Gasteiger partial charge in [-0.2, -0.15) is 0 Å². The van der Waals surface area contributed by atoms with Gasteiger partial charge in [-0.05, 0) is 40.0 Å². The molecule has 20 heavy (non-hydrogen) atoms. The fourth-order valence-corrected chi connectivity index (χ4v) is 4.23. The molecule has 0 radical (unpaired) electrons. The minimum atomic E-state index is -2.30. The minimum absolute atomic E-state index is 0.486. The van der Waals surface area contributed by atoms with Gasteiger partial charge in [-0.1, -0.05) is 27.2 Å². The summed E-state index contributed by atoms with van der Waals surface area (Å²) in [5.41, 5.74) is 0.794. The third kappa shape index (κ3) is 10.5. The fourth-order valence-electron chi connectivity index (χ4n) is 1.61. The Hall–Kier alpha value is -0.233. The molecule has 0 heterocycles. The van der Waals surface area contributed by atoms with E-state index in [0.29, 0.717) is 25.7 Å². The Labute approximate surface area is 127 Å². The van der Waals surface area contributed by atoms with Crippen LogP contribution in [0.2, 0.25) is 6.04 Å². The Morgan fingerprint density at radius 3 is 1.50 bits per heavy atom. The van der Waals surface area contributed by atoms with E-state index in [9.17, 15) is 0 Å². The minimum Gasteiger partial charge on any atom is -0.374 e. The molecule has 1 unspecified atom stereocenters. The molecular weight excluding hydrogens is 270 g/mol. The number of hydrogen-bond acceptors (Lipinski definition) is 4. The molecule has 0 amide bonds. The summed E-state index contributed by atoms with van der Waals surface area (Å²) in [6.45, 7) is 16.1. The molecule has 0 saturated heterocycles. The average Bonchev–Trinajstić information content (AvgIpc) is 2.39. The maximum absolute atomic E-state index is 7.10. The lowest BCUT2D eigenvalue weighted by Crippen LogP contribution is -2.45. The molecule has 0 aromatic heterocycles. The first-order chi connectivity index (χ1) is 9.42. The lowest BCUT2D eigenvalue weighted by molar-refractivity contribution is 0.0712. The quantitative estimate of drug-likeness (QED) is 0.477. The molecule has 0 bridgehead atoms. The predicted octanol–water partition coefficient (Wildman–Crippen LogP) is 4.52. The highest BCUT2D eigenvalue weighted by Crippen LogP contribution is 2.17. The molecule has 0 rings (SSSR count). The van der Waals surface area contributed by atoms with Gasteiger partial charge < -0.3 is 18.7 Å². The van der Waals surface area contributed by atoms with Crippen LogP contribution in [-0.2, 0) is 13.3 Å². The first kappa shape index (κ1) is 22.1. The van der Waals surface area contributed by atoms with E-state index in [4.69, 9.17) is 18.7 Å². The van der Waals surface area contributed by atoms with Crippen LogP contribution in [0.25, 0.3) is 0 Å². The summed E-state index contributed by atoms with van der Waals surface area (Å²) >= 11 is 0. The number of nitrogens with one attached hydrogen (secondary N) is 1. The molecule has 0 aromatic carbocycles. The van der Waals surface area contributed by atoms with E-state index in [1.165, 1.54) is 0 Å². The van der Waals surface area contributed by atoms with Crippen LogP contribution in [0.1, 0.15) is 61.3 Å². The van der Waals surface area contributed by atoms with Gasteiger partial charge in [-0.25, -0.2) is 0 Å². The largest absolute Gasteiger partial charge is 0.500 e. The highest BCUT2D eigenvalue weighted by atomic mass is 28.4. The normalized spacial score (nSPS) is 12.6. The summed E-state index contributed by atoms with van der Waals surface area (Å²) in [5.74, 6) is 0.486. The monoisotopic (exact) mass is 305 g/mol. The molecule has 1 N–H and O–H groups in total. The first-order valence-electron chi connectivity index (χ1n) is 7.89. The van der Waals surface area contributed by atoms with Crippen molar-refractivity contribution < 1.29 is 13.3 Å². The van der Waals surface area contributed by atoms with Gasteiger partial charge in [0.15, 0.2) is 0 Å². The molecule has 0 spiro atoms. The highest BCUT2D eigenvalue weighted by molar-refractivity contribution is 6.60. The molecule has 0 fully saturated rings. The van der Waals surface area contributed by atoms with E-state index in [1.54, 1.807) is 0 Å². The van der Waals surface area contributed by atoms with Crippen LogP contribution in [0, 0.1) is 11.3 Å². The van der Waals surface area contributed by atoms with Crippen LogP contribution in [0.5, 0.6) is 0 Å². The predicted molar refractivity (Wildman–Crippen MR) is 88.6 cm³/mol. The van der Waals surface area contributed by atoms with E-state index in [0.717, 1.165) is 24.6 Å². The molecule has 0 aliphatic carbocycles. The summed E-state index contributed by atoms with van der Waals surface area (Å²) < 4.78 is 16.9. The van der Waals surface area contributed by atoms with Crippen LogP contribution in [-0.4, -0.2) is 34.3 Å². The van der Waals surface area contributed by atoms with E-state index in [1.807, 2.05) is 27.7 Å². The van der Waals surface area contributed by atoms with Crippen molar-refractivity contribution in [2.24, 2.45) is 5.92 Å². The molecular formula is C15H35NO3Si. The number of rotatable bonds is 10. The van der Waals surface area contributed by atoms with Gasteiger partial charge in [-0.15, -0.1) is 0 Å². The van der Waals surface area contributed by atoms with Crippen molar-refractivity contribution in [1.29, 1.82) is 5.41 Å². The standard InChI is InChI=1S/C9H22O3Si.C6H13N/c1-5-9-13(10-6-2,11-7-3)12-8-4;1-4-5(2)6(3)7/h5-9H2,1-4H3;5,7H,4H2,1-3H3. The van der Waals surface area contributed by atoms with Crippen LogP contribution in [0.3, 0.4) is 0 Å². The lowest BCUT2D eigenvalue weighted by atomic mass is 10.1. The first-order valence-corrected chi connectivity index (χ1v) is 9.82. The van der Waals surface area contributed by atoms with Gasteiger partial charge in [0.25, 0.3) is 0 Å². The van der Waals surface area contributed by atoms with Gasteiger partial charge in [0, 0.05) is 31.6 Å². The third-order valence-corrected chi connectivity index (χ3v) is 6.30. The second-order valence-electron chi connectivity index (χ2n) is 4.72. The van der Waals surface area contributed by atoms with Gasteiger partial charge in [0.2, 0.25) is 0 Å². The van der Waals surface area contributed by atoms with Gasteiger partial charge in [0.05, 0.1) is 0 Å². The fraction of sp³-hybridized carbons (Fsp3) is 0.933. The number of hydrogen-bond donors (Lipinski definition) is 1. The van der Waals surface area contributed by atoms with Crippen LogP contribution in [0.15, 0.2) is 0 Å². The van der Waals surface area contributed by atoms with E-state index >= 15 is 0 Å². The van der Waals surface area contributed by atoms with Crippen molar-refractivity contribution in [2.75, 3.05) is 19.8 Å². The van der Waals surface area contributed by atoms with Crippen molar-refractivity contribution in [3.8, 4) is 0 Å². The molecule has 0 aliphatic rings. The molecule has 0 saturated carbocycles. The Morgan fingerprint density at radius 1 is 0.950 bits per heavy atom. The average molecular weight is 306 g/mol. The Morgan fingerprint density at radius 2 is 1.35 bits per heavy atom. The molecule has 5 heteroatoms. The van der Waals surface area contributed by atoms with Crippen molar-refractivity contribution in [3.63, 3.8) is 0 Å². The summed E-state index contributed by atoms with van der Waals surface area (Å²) in [7, 11) is -2.30. The topological polar surface area (TPSA) is 51.5 Å². The Bertz CT molecular complexity index is 208.